The highest BCUT2D eigenvalue weighted by Crippen LogP contribution is 2.49. The van der Waals surface area contributed by atoms with Crippen molar-refractivity contribution in [2.75, 3.05) is 25.6 Å². The average Bonchev–Trinajstić information content (AvgIpc) is 3.18. The number of ether oxygens (including phenoxy) is 1. The van der Waals surface area contributed by atoms with Gasteiger partial charge in [-0.3, -0.25) is 4.57 Å². The fourth-order valence-corrected chi connectivity index (χ4v) is 4.60. The van der Waals surface area contributed by atoms with Crippen LogP contribution in [-0.2, 0) is 20.2 Å². The zero-order valence-corrected chi connectivity index (χ0v) is 19.5. The predicted octanol–water partition coefficient (Wildman–Crippen LogP) is 5.62. The molecule has 0 aliphatic carbocycles. The number of aromatic nitrogens is 1. The molecule has 0 aliphatic heterocycles. The Labute approximate surface area is 184 Å². The van der Waals surface area contributed by atoms with Gasteiger partial charge in [0.15, 0.2) is 0 Å². The lowest BCUT2D eigenvalue weighted by atomic mass is 10.2. The predicted molar refractivity (Wildman–Crippen MR) is 120 cm³/mol. The van der Waals surface area contributed by atoms with Crippen LogP contribution < -0.4 is 15.5 Å². The van der Waals surface area contributed by atoms with Gasteiger partial charge in [-0.15, -0.1) is 0 Å². The lowest BCUT2D eigenvalue weighted by Crippen LogP contribution is -2.16. The highest BCUT2D eigenvalue weighted by atomic mass is 79.9. The first-order valence-electron chi connectivity index (χ1n) is 9.52. The van der Waals surface area contributed by atoms with Gasteiger partial charge in [0, 0.05) is 16.6 Å². The van der Waals surface area contributed by atoms with Crippen LogP contribution in [0.2, 0.25) is 0 Å². The molecule has 1 N–H and O–H groups in total. The minimum absolute atomic E-state index is 0.137. The Bertz CT molecular complexity index is 995. The molecule has 0 amide bonds. The minimum Gasteiger partial charge on any atom is -0.497 e. The second-order valence-corrected chi connectivity index (χ2v) is 9.06. The molecule has 3 rings (SSSR count). The van der Waals surface area contributed by atoms with Gasteiger partial charge in [-0.05, 0) is 55.8 Å². The summed E-state index contributed by atoms with van der Waals surface area (Å²) in [6.07, 6.45) is 0. The largest absolute Gasteiger partial charge is 0.497 e. The van der Waals surface area contributed by atoms with Crippen LogP contribution in [0.25, 0.3) is 11.5 Å². The van der Waals surface area contributed by atoms with Gasteiger partial charge in [-0.1, -0.05) is 28.1 Å². The van der Waals surface area contributed by atoms with Gasteiger partial charge in [0.05, 0.1) is 20.3 Å². The van der Waals surface area contributed by atoms with E-state index in [0.29, 0.717) is 12.4 Å². The van der Waals surface area contributed by atoms with E-state index in [-0.39, 0.29) is 24.5 Å². The molecule has 0 saturated carbocycles. The second kappa shape index (κ2) is 10.3. The summed E-state index contributed by atoms with van der Waals surface area (Å²) in [4.78, 5) is 4.48. The molecule has 7 nitrogen and oxygen atoms in total. The van der Waals surface area contributed by atoms with Gasteiger partial charge < -0.3 is 23.5 Å². The molecule has 1 aromatic heterocycles. The van der Waals surface area contributed by atoms with Gasteiger partial charge in [0.1, 0.15) is 5.75 Å². The molecule has 1 heterocycles. The summed E-state index contributed by atoms with van der Waals surface area (Å²) >= 11 is 3.41. The van der Waals surface area contributed by atoms with E-state index >= 15 is 0 Å². The number of halogens is 1. The number of anilines is 1. The highest BCUT2D eigenvalue weighted by molar-refractivity contribution is 9.10. The number of hydrogen-bond donors (Lipinski definition) is 1. The van der Waals surface area contributed by atoms with Crippen molar-refractivity contribution >= 4 is 34.8 Å². The van der Waals surface area contributed by atoms with Crippen molar-refractivity contribution in [2.45, 2.75) is 20.4 Å². The van der Waals surface area contributed by atoms with E-state index in [4.69, 9.17) is 18.2 Å². The number of oxazole rings is 1. The summed E-state index contributed by atoms with van der Waals surface area (Å²) in [6.45, 7) is 4.38. The monoisotopic (exact) mass is 494 g/mol. The molecular weight excluding hydrogens is 471 g/mol. The average molecular weight is 495 g/mol. The fourth-order valence-electron chi connectivity index (χ4n) is 2.75. The molecule has 0 bridgehead atoms. The summed E-state index contributed by atoms with van der Waals surface area (Å²) in [5, 5.41) is 3.18. The standard InChI is InChI=1S/C21H24BrN2O5P/c1-4-27-30(25,28-5-2)21-20(23-14-15-6-12-18(26-3)13-7-15)29-19(24-21)16-8-10-17(22)11-9-16/h6-13,23H,4-5,14H2,1-3H3. The first-order chi connectivity index (χ1) is 14.5. The van der Waals surface area contributed by atoms with Crippen LogP contribution in [0.4, 0.5) is 5.88 Å². The molecule has 0 fully saturated rings. The Kier molecular flexibility index (Phi) is 7.72. The van der Waals surface area contributed by atoms with Crippen molar-refractivity contribution in [2.24, 2.45) is 0 Å². The van der Waals surface area contributed by atoms with Crippen LogP contribution in [0.3, 0.4) is 0 Å². The summed E-state index contributed by atoms with van der Waals surface area (Å²) in [5.41, 5.74) is 1.88. The quantitative estimate of drug-likeness (QED) is 0.366. The molecular formula is C21H24BrN2O5P. The third-order valence-electron chi connectivity index (χ3n) is 4.17. The molecule has 9 heteroatoms. The van der Waals surface area contributed by atoms with Crippen LogP contribution in [0, 0.1) is 0 Å². The summed E-state index contributed by atoms with van der Waals surface area (Å²) in [5.74, 6) is 1.36. The van der Waals surface area contributed by atoms with Gasteiger partial charge in [-0.25, -0.2) is 0 Å². The Hall–Kier alpha value is -2.12. The fraction of sp³-hybridized carbons (Fsp3) is 0.286. The van der Waals surface area contributed by atoms with Crippen molar-refractivity contribution in [1.29, 1.82) is 0 Å². The van der Waals surface area contributed by atoms with Gasteiger partial charge in [-0.2, -0.15) is 4.98 Å². The number of nitrogens with one attached hydrogen (secondary N) is 1. The van der Waals surface area contributed by atoms with E-state index in [1.807, 2.05) is 48.5 Å². The number of methoxy groups -OCH3 is 1. The molecule has 0 radical (unpaired) electrons. The molecule has 0 unspecified atom stereocenters. The number of benzene rings is 2. The van der Waals surface area contributed by atoms with E-state index in [0.717, 1.165) is 21.3 Å². The minimum atomic E-state index is -3.65. The SMILES string of the molecule is CCOP(=O)(OCC)c1nc(-c2ccc(Br)cc2)oc1NCc1ccc(OC)cc1. The molecule has 0 atom stereocenters. The number of rotatable bonds is 10. The summed E-state index contributed by atoms with van der Waals surface area (Å²) in [6, 6.07) is 15.1. The van der Waals surface area contributed by atoms with E-state index in [2.05, 4.69) is 26.2 Å². The second-order valence-electron chi connectivity index (χ2n) is 6.21. The molecule has 2 aromatic carbocycles. The maximum atomic E-state index is 13.4. The third-order valence-corrected chi connectivity index (χ3v) is 6.72. The van der Waals surface area contributed by atoms with Gasteiger partial charge >= 0.3 is 7.60 Å². The number of nitrogens with zero attached hydrogens (tertiary/aromatic N) is 1. The highest BCUT2D eigenvalue weighted by Gasteiger charge is 2.35. The molecule has 3 aromatic rings. The first-order valence-corrected chi connectivity index (χ1v) is 11.9. The first kappa shape index (κ1) is 22.6. The molecule has 0 saturated heterocycles. The van der Waals surface area contributed by atoms with Crippen LogP contribution in [0.5, 0.6) is 5.75 Å². The lowest BCUT2D eigenvalue weighted by molar-refractivity contribution is 0.229. The van der Waals surface area contributed by atoms with Crippen molar-refractivity contribution in [1.82, 2.24) is 4.98 Å². The van der Waals surface area contributed by atoms with Gasteiger partial charge in [0.2, 0.25) is 17.2 Å². The summed E-state index contributed by atoms with van der Waals surface area (Å²) in [7, 11) is -2.03. The van der Waals surface area contributed by atoms with Crippen LogP contribution in [0.1, 0.15) is 19.4 Å². The zero-order valence-electron chi connectivity index (χ0n) is 17.1. The normalized spacial score (nSPS) is 11.5. The smallest absolute Gasteiger partial charge is 0.385 e. The van der Waals surface area contributed by atoms with Crippen LogP contribution in [-0.4, -0.2) is 25.3 Å². The Morgan fingerprint density at radius 1 is 1.03 bits per heavy atom. The van der Waals surface area contributed by atoms with E-state index in [9.17, 15) is 4.57 Å². The van der Waals surface area contributed by atoms with Crippen molar-refractivity contribution in [3.05, 3.63) is 58.6 Å². The molecule has 0 spiro atoms. The zero-order chi connectivity index (χ0) is 21.6. The lowest BCUT2D eigenvalue weighted by Gasteiger charge is -2.15. The van der Waals surface area contributed by atoms with E-state index in [1.54, 1.807) is 21.0 Å². The van der Waals surface area contributed by atoms with Crippen molar-refractivity contribution in [3.63, 3.8) is 0 Å². The van der Waals surface area contributed by atoms with Crippen LogP contribution >= 0.6 is 23.5 Å². The van der Waals surface area contributed by atoms with Gasteiger partial charge in [0.25, 0.3) is 0 Å². The van der Waals surface area contributed by atoms with Crippen LogP contribution in [0.15, 0.2) is 57.4 Å². The number of hydrogen-bond acceptors (Lipinski definition) is 7. The molecule has 160 valence electrons. The van der Waals surface area contributed by atoms with Crippen molar-refractivity contribution in [3.8, 4) is 17.2 Å². The van der Waals surface area contributed by atoms with E-state index < -0.39 is 7.60 Å². The molecule has 30 heavy (non-hydrogen) atoms. The Balaban J connectivity index is 1.95. The third kappa shape index (κ3) is 5.32. The Morgan fingerprint density at radius 2 is 1.67 bits per heavy atom. The van der Waals surface area contributed by atoms with Crippen molar-refractivity contribution < 1.29 is 22.8 Å². The maximum absolute atomic E-state index is 13.4. The Morgan fingerprint density at radius 3 is 2.23 bits per heavy atom. The topological polar surface area (TPSA) is 82.8 Å². The van der Waals surface area contributed by atoms with E-state index in [1.165, 1.54) is 0 Å². The summed E-state index contributed by atoms with van der Waals surface area (Å²) < 4.78 is 36.5. The maximum Gasteiger partial charge on any atom is 0.385 e. The molecule has 0 aliphatic rings.